The maximum absolute atomic E-state index is 13.7. The van der Waals surface area contributed by atoms with Gasteiger partial charge >= 0.3 is 0 Å². The van der Waals surface area contributed by atoms with Gasteiger partial charge in [0.2, 0.25) is 0 Å². The second kappa shape index (κ2) is 7.75. The van der Waals surface area contributed by atoms with Crippen LogP contribution in [0.25, 0.3) is 11.1 Å². The summed E-state index contributed by atoms with van der Waals surface area (Å²) in [5, 5.41) is 9.01. The fourth-order valence-corrected chi connectivity index (χ4v) is 2.55. The van der Waals surface area contributed by atoms with Crippen LogP contribution in [0.15, 0.2) is 72.8 Å². The number of benzene rings is 3. The summed E-state index contributed by atoms with van der Waals surface area (Å²) >= 11 is 0. The summed E-state index contributed by atoms with van der Waals surface area (Å²) in [6.07, 6.45) is 0.317. The molecule has 0 saturated carbocycles. The molecule has 0 heterocycles. The smallest absolute Gasteiger partial charge is 0.126 e. The number of halogens is 1. The van der Waals surface area contributed by atoms with Crippen LogP contribution in [0.3, 0.4) is 0 Å². The van der Waals surface area contributed by atoms with Gasteiger partial charge in [0.25, 0.3) is 0 Å². The van der Waals surface area contributed by atoms with E-state index in [1.807, 2.05) is 54.6 Å². The van der Waals surface area contributed by atoms with Gasteiger partial charge in [0.1, 0.15) is 18.2 Å². The third kappa shape index (κ3) is 4.00. The Morgan fingerprint density at radius 2 is 1.54 bits per heavy atom. The molecule has 0 aliphatic carbocycles. The summed E-state index contributed by atoms with van der Waals surface area (Å²) < 4.78 is 19.4. The van der Waals surface area contributed by atoms with Gasteiger partial charge in [-0.15, -0.1) is 0 Å². The number of rotatable bonds is 6. The fourth-order valence-electron chi connectivity index (χ4n) is 2.55. The molecule has 0 bridgehead atoms. The van der Waals surface area contributed by atoms with Crippen molar-refractivity contribution in [1.82, 2.24) is 0 Å². The van der Waals surface area contributed by atoms with Gasteiger partial charge in [0.15, 0.2) is 0 Å². The van der Waals surface area contributed by atoms with Gasteiger partial charge in [-0.3, -0.25) is 0 Å². The zero-order chi connectivity index (χ0) is 16.8. The summed E-state index contributed by atoms with van der Waals surface area (Å²) in [6, 6.07) is 22.7. The number of hydrogen-bond acceptors (Lipinski definition) is 2. The molecule has 0 atom stereocenters. The van der Waals surface area contributed by atoms with E-state index in [0.717, 1.165) is 22.4 Å². The van der Waals surface area contributed by atoms with Crippen LogP contribution in [-0.2, 0) is 13.0 Å². The monoisotopic (exact) mass is 322 g/mol. The zero-order valence-corrected chi connectivity index (χ0v) is 13.3. The van der Waals surface area contributed by atoms with E-state index in [-0.39, 0.29) is 12.4 Å². The number of ether oxygens (including phenoxy) is 1. The second-order valence-electron chi connectivity index (χ2n) is 5.58. The third-order valence-electron chi connectivity index (χ3n) is 3.86. The van der Waals surface area contributed by atoms with Gasteiger partial charge in [-0.2, -0.15) is 0 Å². The van der Waals surface area contributed by atoms with Crippen molar-refractivity contribution in [1.29, 1.82) is 0 Å². The Morgan fingerprint density at radius 1 is 0.833 bits per heavy atom. The maximum Gasteiger partial charge on any atom is 0.126 e. The van der Waals surface area contributed by atoms with Crippen molar-refractivity contribution in [2.45, 2.75) is 13.0 Å². The van der Waals surface area contributed by atoms with E-state index in [0.29, 0.717) is 18.6 Å². The van der Waals surface area contributed by atoms with Crippen LogP contribution in [0.1, 0.15) is 11.1 Å². The predicted octanol–water partition coefficient (Wildman–Crippen LogP) is 4.61. The lowest BCUT2D eigenvalue weighted by Gasteiger charge is -2.09. The average Bonchev–Trinajstić information content (AvgIpc) is 2.63. The molecule has 0 amide bonds. The van der Waals surface area contributed by atoms with Gasteiger partial charge in [0.05, 0.1) is 0 Å². The molecule has 0 aromatic heterocycles. The van der Waals surface area contributed by atoms with Crippen molar-refractivity contribution in [3.8, 4) is 16.9 Å². The van der Waals surface area contributed by atoms with E-state index in [1.54, 1.807) is 12.1 Å². The highest BCUT2D eigenvalue weighted by Crippen LogP contribution is 2.25. The maximum atomic E-state index is 13.7. The lowest BCUT2D eigenvalue weighted by Crippen LogP contribution is -1.96. The summed E-state index contributed by atoms with van der Waals surface area (Å²) in [5.74, 6) is 0.510. The van der Waals surface area contributed by atoms with Crippen LogP contribution in [0.5, 0.6) is 5.75 Å². The highest BCUT2D eigenvalue weighted by atomic mass is 19.1. The predicted molar refractivity (Wildman–Crippen MR) is 93.4 cm³/mol. The van der Waals surface area contributed by atoms with Gasteiger partial charge < -0.3 is 9.84 Å². The molecule has 3 rings (SSSR count). The first kappa shape index (κ1) is 16.2. The van der Waals surface area contributed by atoms with Gasteiger partial charge in [-0.1, -0.05) is 48.5 Å². The van der Waals surface area contributed by atoms with E-state index < -0.39 is 0 Å². The number of hydrogen-bond donors (Lipinski definition) is 1. The SMILES string of the molecule is OCCc1cc(-c2ccc(OCc3ccccc3)cc2)ccc1F. The van der Waals surface area contributed by atoms with Gasteiger partial charge in [0, 0.05) is 6.61 Å². The second-order valence-corrected chi connectivity index (χ2v) is 5.58. The minimum Gasteiger partial charge on any atom is -0.489 e. The van der Waals surface area contributed by atoms with E-state index in [2.05, 4.69) is 0 Å². The highest BCUT2D eigenvalue weighted by Gasteiger charge is 2.05. The Hall–Kier alpha value is -2.65. The van der Waals surface area contributed by atoms with E-state index >= 15 is 0 Å². The molecule has 0 aliphatic heterocycles. The molecule has 1 N–H and O–H groups in total. The first-order valence-corrected chi connectivity index (χ1v) is 7.93. The van der Waals surface area contributed by atoms with Gasteiger partial charge in [-0.25, -0.2) is 4.39 Å². The largest absolute Gasteiger partial charge is 0.489 e. The standard InChI is InChI=1S/C21H19FO2/c22-21-11-8-18(14-19(21)12-13-23)17-6-9-20(10-7-17)24-15-16-4-2-1-3-5-16/h1-11,14,23H,12-13,15H2. The minimum atomic E-state index is -0.282. The van der Waals surface area contributed by atoms with Crippen LogP contribution in [0.4, 0.5) is 4.39 Å². The molecule has 0 radical (unpaired) electrons. The molecular weight excluding hydrogens is 303 g/mol. The van der Waals surface area contributed by atoms with Gasteiger partial charge in [-0.05, 0) is 52.9 Å². The van der Waals surface area contributed by atoms with Crippen LogP contribution in [-0.4, -0.2) is 11.7 Å². The quantitative estimate of drug-likeness (QED) is 0.718. The van der Waals surface area contributed by atoms with Crippen molar-refractivity contribution >= 4 is 0 Å². The summed E-state index contributed by atoms with van der Waals surface area (Å²) in [4.78, 5) is 0. The van der Waals surface area contributed by atoms with Crippen molar-refractivity contribution in [2.24, 2.45) is 0 Å². The average molecular weight is 322 g/mol. The molecule has 0 fully saturated rings. The molecule has 2 nitrogen and oxygen atoms in total. The molecule has 0 aliphatic rings. The highest BCUT2D eigenvalue weighted by molar-refractivity contribution is 5.65. The first-order valence-electron chi connectivity index (χ1n) is 7.93. The van der Waals surface area contributed by atoms with Crippen LogP contribution >= 0.6 is 0 Å². The van der Waals surface area contributed by atoms with Crippen molar-refractivity contribution in [3.05, 3.63) is 89.7 Å². The molecular formula is C21H19FO2. The molecule has 0 spiro atoms. The first-order chi connectivity index (χ1) is 11.8. The van der Waals surface area contributed by atoms with E-state index in [1.165, 1.54) is 6.07 Å². The minimum absolute atomic E-state index is 0.0629. The summed E-state index contributed by atoms with van der Waals surface area (Å²) in [6.45, 7) is 0.462. The van der Waals surface area contributed by atoms with Crippen LogP contribution in [0.2, 0.25) is 0 Å². The lowest BCUT2D eigenvalue weighted by atomic mass is 10.0. The zero-order valence-electron chi connectivity index (χ0n) is 13.3. The molecule has 24 heavy (non-hydrogen) atoms. The number of aliphatic hydroxyl groups is 1. The van der Waals surface area contributed by atoms with Crippen molar-refractivity contribution in [2.75, 3.05) is 6.61 Å². The topological polar surface area (TPSA) is 29.5 Å². The Labute approximate surface area is 141 Å². The Kier molecular flexibility index (Phi) is 5.24. The van der Waals surface area contributed by atoms with E-state index in [4.69, 9.17) is 9.84 Å². The Bertz CT molecular complexity index is 783. The van der Waals surface area contributed by atoms with Crippen LogP contribution in [0, 0.1) is 5.82 Å². The molecule has 3 aromatic rings. The summed E-state index contributed by atoms with van der Waals surface area (Å²) in [5.41, 5.74) is 3.56. The lowest BCUT2D eigenvalue weighted by molar-refractivity contribution is 0.297. The normalized spacial score (nSPS) is 10.6. The van der Waals surface area contributed by atoms with Crippen molar-refractivity contribution < 1.29 is 14.2 Å². The van der Waals surface area contributed by atoms with E-state index in [9.17, 15) is 4.39 Å². The molecule has 0 saturated heterocycles. The third-order valence-corrected chi connectivity index (χ3v) is 3.86. The Morgan fingerprint density at radius 3 is 2.25 bits per heavy atom. The molecule has 3 aromatic carbocycles. The molecule has 0 unspecified atom stereocenters. The van der Waals surface area contributed by atoms with Crippen molar-refractivity contribution in [3.63, 3.8) is 0 Å². The fraction of sp³-hybridized carbons (Fsp3) is 0.143. The number of aliphatic hydroxyl groups excluding tert-OH is 1. The Balaban J connectivity index is 1.71. The molecule has 3 heteroatoms. The molecule has 122 valence electrons. The summed E-state index contributed by atoms with van der Waals surface area (Å²) in [7, 11) is 0. The van der Waals surface area contributed by atoms with Crippen LogP contribution < -0.4 is 4.74 Å².